The van der Waals surface area contributed by atoms with Gasteiger partial charge in [0.15, 0.2) is 0 Å². The fourth-order valence-corrected chi connectivity index (χ4v) is 2.95. The van der Waals surface area contributed by atoms with Gasteiger partial charge in [0.2, 0.25) is 0 Å². The fraction of sp³-hybridized carbons (Fsp3) is 0.933. The van der Waals surface area contributed by atoms with Gasteiger partial charge in [-0.25, -0.2) is 0 Å². The summed E-state index contributed by atoms with van der Waals surface area (Å²) in [6.45, 7) is 17.4. The standard InChI is InChI=1S/C15H30O/c1-9(2)13(10(3)4)14(11(5)6)15(16)12(7)8/h9-14H,1-8H3. The molecule has 0 aliphatic heterocycles. The number of ketones is 1. The Bertz CT molecular complexity index is 205. The van der Waals surface area contributed by atoms with Crippen LogP contribution in [0.4, 0.5) is 0 Å². The number of rotatable bonds is 6. The van der Waals surface area contributed by atoms with E-state index in [0.717, 1.165) is 0 Å². The van der Waals surface area contributed by atoms with Crippen molar-refractivity contribution in [1.29, 1.82) is 0 Å². The Kier molecular flexibility index (Phi) is 6.28. The molecule has 0 aromatic rings. The van der Waals surface area contributed by atoms with Gasteiger partial charge in [0, 0.05) is 11.8 Å². The molecule has 0 aliphatic carbocycles. The van der Waals surface area contributed by atoms with Gasteiger partial charge in [0.25, 0.3) is 0 Å². The van der Waals surface area contributed by atoms with Gasteiger partial charge in [-0.15, -0.1) is 0 Å². The molecule has 0 aliphatic rings. The summed E-state index contributed by atoms with van der Waals surface area (Å²) in [5, 5.41) is 0. The molecule has 1 atom stereocenters. The van der Waals surface area contributed by atoms with Gasteiger partial charge < -0.3 is 0 Å². The van der Waals surface area contributed by atoms with Crippen LogP contribution in [-0.2, 0) is 4.79 Å². The molecule has 0 saturated carbocycles. The maximum atomic E-state index is 12.3. The van der Waals surface area contributed by atoms with Crippen molar-refractivity contribution in [2.45, 2.75) is 55.4 Å². The van der Waals surface area contributed by atoms with E-state index in [1.165, 1.54) is 0 Å². The van der Waals surface area contributed by atoms with Crippen molar-refractivity contribution in [3.63, 3.8) is 0 Å². The molecule has 96 valence electrons. The maximum Gasteiger partial charge on any atom is 0.139 e. The lowest BCUT2D eigenvalue weighted by molar-refractivity contribution is -0.130. The van der Waals surface area contributed by atoms with E-state index in [1.807, 2.05) is 13.8 Å². The van der Waals surface area contributed by atoms with Crippen LogP contribution in [0, 0.1) is 35.5 Å². The van der Waals surface area contributed by atoms with Crippen molar-refractivity contribution in [1.82, 2.24) is 0 Å². The van der Waals surface area contributed by atoms with E-state index in [4.69, 9.17) is 0 Å². The molecule has 0 saturated heterocycles. The number of carbonyl (C=O) groups is 1. The van der Waals surface area contributed by atoms with Crippen molar-refractivity contribution < 1.29 is 4.79 Å². The third kappa shape index (κ3) is 3.92. The second kappa shape index (κ2) is 6.42. The summed E-state index contributed by atoms with van der Waals surface area (Å²) in [5.74, 6) is 2.94. The van der Waals surface area contributed by atoms with Crippen LogP contribution in [0.1, 0.15) is 55.4 Å². The Morgan fingerprint density at radius 3 is 1.25 bits per heavy atom. The largest absolute Gasteiger partial charge is 0.299 e. The first-order chi connectivity index (χ1) is 7.20. The lowest BCUT2D eigenvalue weighted by Crippen LogP contribution is -2.37. The molecule has 0 spiro atoms. The summed E-state index contributed by atoms with van der Waals surface area (Å²) in [5.41, 5.74) is 0. The van der Waals surface area contributed by atoms with Gasteiger partial charge in [-0.3, -0.25) is 4.79 Å². The first-order valence-electron chi connectivity index (χ1n) is 6.73. The highest BCUT2D eigenvalue weighted by Crippen LogP contribution is 2.35. The van der Waals surface area contributed by atoms with Crippen molar-refractivity contribution in [3.05, 3.63) is 0 Å². The molecule has 0 aromatic heterocycles. The van der Waals surface area contributed by atoms with Crippen LogP contribution in [0.2, 0.25) is 0 Å². The van der Waals surface area contributed by atoms with Gasteiger partial charge in [-0.05, 0) is 23.7 Å². The maximum absolute atomic E-state index is 12.3. The lowest BCUT2D eigenvalue weighted by Gasteiger charge is -2.36. The fourth-order valence-electron chi connectivity index (χ4n) is 2.95. The predicted molar refractivity (Wildman–Crippen MR) is 71.3 cm³/mol. The second-order valence-corrected chi connectivity index (χ2v) is 6.39. The number of Topliss-reactive ketones (excluding diaryl/α,β-unsaturated/α-hetero) is 1. The average Bonchev–Trinajstić information content (AvgIpc) is 2.10. The summed E-state index contributed by atoms with van der Waals surface area (Å²) in [7, 11) is 0. The van der Waals surface area contributed by atoms with E-state index in [1.54, 1.807) is 0 Å². The van der Waals surface area contributed by atoms with Gasteiger partial charge in [-0.1, -0.05) is 55.4 Å². The Labute approximate surface area is 102 Å². The zero-order chi connectivity index (χ0) is 13.0. The van der Waals surface area contributed by atoms with Gasteiger partial charge in [0.05, 0.1) is 0 Å². The van der Waals surface area contributed by atoms with E-state index < -0.39 is 0 Å². The highest BCUT2D eigenvalue weighted by Gasteiger charge is 2.35. The van der Waals surface area contributed by atoms with E-state index in [-0.39, 0.29) is 11.8 Å². The zero-order valence-electron chi connectivity index (χ0n) is 12.4. The molecule has 0 heterocycles. The predicted octanol–water partition coefficient (Wildman–Crippen LogP) is 4.41. The number of hydrogen-bond donors (Lipinski definition) is 0. The Balaban J connectivity index is 5.08. The smallest absolute Gasteiger partial charge is 0.139 e. The summed E-state index contributed by atoms with van der Waals surface area (Å²) >= 11 is 0. The molecule has 1 unspecified atom stereocenters. The van der Waals surface area contributed by atoms with Crippen LogP contribution < -0.4 is 0 Å². The number of carbonyl (C=O) groups excluding carboxylic acids is 1. The van der Waals surface area contributed by atoms with Crippen molar-refractivity contribution >= 4 is 5.78 Å². The summed E-state index contributed by atoms with van der Waals surface area (Å²) in [4.78, 5) is 12.3. The third-order valence-electron chi connectivity index (χ3n) is 3.57. The minimum absolute atomic E-state index is 0.160. The lowest BCUT2D eigenvalue weighted by atomic mass is 9.68. The number of hydrogen-bond acceptors (Lipinski definition) is 1. The Hall–Kier alpha value is -0.330. The van der Waals surface area contributed by atoms with Crippen LogP contribution in [0.15, 0.2) is 0 Å². The Morgan fingerprint density at radius 1 is 0.688 bits per heavy atom. The van der Waals surface area contributed by atoms with Crippen molar-refractivity contribution in [3.8, 4) is 0 Å². The molecule has 0 bridgehead atoms. The van der Waals surface area contributed by atoms with Crippen LogP contribution in [0.5, 0.6) is 0 Å². The molecule has 1 nitrogen and oxygen atoms in total. The minimum atomic E-state index is 0.160. The molecule has 0 aromatic carbocycles. The van der Waals surface area contributed by atoms with Gasteiger partial charge in [0.1, 0.15) is 5.78 Å². The molecule has 0 rings (SSSR count). The average molecular weight is 226 g/mol. The molecule has 0 fully saturated rings. The van der Waals surface area contributed by atoms with Crippen LogP contribution in [-0.4, -0.2) is 5.78 Å². The summed E-state index contributed by atoms with van der Waals surface area (Å²) in [6.07, 6.45) is 0. The normalized spacial score (nSPS) is 14.6. The van der Waals surface area contributed by atoms with Gasteiger partial charge >= 0.3 is 0 Å². The monoisotopic (exact) mass is 226 g/mol. The third-order valence-corrected chi connectivity index (χ3v) is 3.57. The van der Waals surface area contributed by atoms with E-state index in [9.17, 15) is 4.79 Å². The summed E-state index contributed by atoms with van der Waals surface area (Å²) in [6, 6.07) is 0. The highest BCUT2D eigenvalue weighted by molar-refractivity contribution is 5.83. The molecular formula is C15H30O. The summed E-state index contributed by atoms with van der Waals surface area (Å²) < 4.78 is 0. The molecule has 0 N–H and O–H groups in total. The highest BCUT2D eigenvalue weighted by atomic mass is 16.1. The molecule has 0 amide bonds. The quantitative estimate of drug-likeness (QED) is 0.655. The zero-order valence-corrected chi connectivity index (χ0v) is 12.4. The second-order valence-electron chi connectivity index (χ2n) is 6.39. The first-order valence-corrected chi connectivity index (χ1v) is 6.73. The van der Waals surface area contributed by atoms with Crippen LogP contribution >= 0.6 is 0 Å². The van der Waals surface area contributed by atoms with E-state index >= 15 is 0 Å². The van der Waals surface area contributed by atoms with E-state index in [0.29, 0.717) is 29.5 Å². The minimum Gasteiger partial charge on any atom is -0.299 e. The Morgan fingerprint density at radius 2 is 1.06 bits per heavy atom. The molecular weight excluding hydrogens is 196 g/mol. The SMILES string of the molecule is CC(C)C(=O)C(C(C)C)C(C(C)C)C(C)C. The first kappa shape index (κ1) is 15.7. The van der Waals surface area contributed by atoms with Gasteiger partial charge in [-0.2, -0.15) is 0 Å². The van der Waals surface area contributed by atoms with Crippen LogP contribution in [0.25, 0.3) is 0 Å². The molecule has 16 heavy (non-hydrogen) atoms. The van der Waals surface area contributed by atoms with Crippen LogP contribution in [0.3, 0.4) is 0 Å². The van der Waals surface area contributed by atoms with E-state index in [2.05, 4.69) is 41.5 Å². The molecule has 0 radical (unpaired) electrons. The topological polar surface area (TPSA) is 17.1 Å². The molecule has 1 heteroatoms. The van der Waals surface area contributed by atoms with Crippen molar-refractivity contribution in [2.75, 3.05) is 0 Å². The van der Waals surface area contributed by atoms with Crippen molar-refractivity contribution in [2.24, 2.45) is 35.5 Å².